The zero-order valence-electron chi connectivity index (χ0n) is 16.6. The van der Waals surface area contributed by atoms with Crippen LogP contribution in [0.5, 0.6) is 0 Å². The van der Waals surface area contributed by atoms with Crippen molar-refractivity contribution in [3.8, 4) is 22.4 Å². The number of nitrogens with two attached hydrogens (primary N) is 1. The van der Waals surface area contributed by atoms with Crippen molar-refractivity contribution < 1.29 is 14.1 Å². The molecule has 0 aliphatic rings. The van der Waals surface area contributed by atoms with Crippen molar-refractivity contribution in [2.75, 3.05) is 5.32 Å². The molecule has 31 heavy (non-hydrogen) atoms. The molecular weight excluding hydrogens is 392 g/mol. The normalized spacial score (nSPS) is 10.6. The highest BCUT2D eigenvalue weighted by Gasteiger charge is 2.24. The Kier molecular flexibility index (Phi) is 5.84. The van der Waals surface area contributed by atoms with Gasteiger partial charge in [0.15, 0.2) is 0 Å². The molecule has 0 bridgehead atoms. The van der Waals surface area contributed by atoms with Gasteiger partial charge >= 0.3 is 0 Å². The van der Waals surface area contributed by atoms with Gasteiger partial charge in [-0.15, -0.1) is 0 Å². The highest BCUT2D eigenvalue weighted by molar-refractivity contribution is 6.05. The summed E-state index contributed by atoms with van der Waals surface area (Å²) < 4.78 is 5.51. The number of hydrogen-bond donors (Lipinski definition) is 2. The average molecular weight is 412 g/mol. The summed E-state index contributed by atoms with van der Waals surface area (Å²) in [5.74, 6) is -0.642. The van der Waals surface area contributed by atoms with E-state index >= 15 is 0 Å². The second kappa shape index (κ2) is 9.04. The van der Waals surface area contributed by atoms with Crippen molar-refractivity contribution in [2.45, 2.75) is 12.8 Å². The van der Waals surface area contributed by atoms with Crippen LogP contribution in [0.15, 0.2) is 83.6 Å². The van der Waals surface area contributed by atoms with Crippen molar-refractivity contribution >= 4 is 17.7 Å². The van der Waals surface area contributed by atoms with E-state index in [1.807, 2.05) is 30.3 Å². The third-order valence-corrected chi connectivity index (χ3v) is 4.84. The third-order valence-electron chi connectivity index (χ3n) is 4.84. The van der Waals surface area contributed by atoms with E-state index in [1.54, 1.807) is 48.8 Å². The van der Waals surface area contributed by atoms with Gasteiger partial charge in [0.1, 0.15) is 5.69 Å². The zero-order valence-corrected chi connectivity index (χ0v) is 16.6. The summed E-state index contributed by atoms with van der Waals surface area (Å²) in [7, 11) is 0. The van der Waals surface area contributed by atoms with Gasteiger partial charge in [-0.3, -0.25) is 19.9 Å². The summed E-state index contributed by atoms with van der Waals surface area (Å²) in [5.41, 5.74) is 9.19. The topological polar surface area (TPSA) is 111 Å². The maximum Gasteiger partial charge on any atom is 0.249 e. The Balaban J connectivity index is 1.69. The molecule has 0 aliphatic carbocycles. The van der Waals surface area contributed by atoms with E-state index in [0.717, 1.165) is 11.1 Å². The molecule has 0 saturated heterocycles. The molecule has 2 aromatic carbocycles. The fraction of sp³-hybridized carbons (Fsp3) is 0.0833. The Hall–Kier alpha value is -4.26. The fourth-order valence-corrected chi connectivity index (χ4v) is 3.34. The lowest BCUT2D eigenvalue weighted by Crippen LogP contribution is -2.14. The number of nitrogens with zero attached hydrogens (tertiary/aromatic N) is 2. The zero-order chi connectivity index (χ0) is 21.6. The number of rotatable bonds is 7. The van der Waals surface area contributed by atoms with Crippen LogP contribution in [0, 0.1) is 0 Å². The van der Waals surface area contributed by atoms with Gasteiger partial charge in [-0.2, -0.15) is 0 Å². The molecule has 0 aliphatic heterocycles. The van der Waals surface area contributed by atoms with Crippen LogP contribution >= 0.6 is 0 Å². The minimum Gasteiger partial charge on any atom is -0.366 e. The lowest BCUT2D eigenvalue weighted by Gasteiger charge is -2.09. The maximum atomic E-state index is 12.6. The number of carbonyl (C=O) groups excluding carboxylic acids is 2. The van der Waals surface area contributed by atoms with Crippen molar-refractivity contribution in [2.24, 2.45) is 5.73 Å². The van der Waals surface area contributed by atoms with Crippen molar-refractivity contribution in [1.29, 1.82) is 0 Å². The molecular formula is C24H20N4O3. The summed E-state index contributed by atoms with van der Waals surface area (Å²) in [5, 5.41) is 6.96. The van der Waals surface area contributed by atoms with E-state index in [1.165, 1.54) is 0 Å². The molecule has 0 unspecified atom stereocenters. The number of aryl methyl sites for hydroxylation is 1. The number of anilines is 1. The smallest absolute Gasteiger partial charge is 0.249 e. The first-order valence-corrected chi connectivity index (χ1v) is 9.76. The average Bonchev–Trinajstić information content (AvgIpc) is 3.22. The number of carbonyl (C=O) groups is 2. The monoisotopic (exact) mass is 412 g/mol. The Morgan fingerprint density at radius 3 is 2.39 bits per heavy atom. The van der Waals surface area contributed by atoms with E-state index in [9.17, 15) is 9.59 Å². The molecule has 7 nitrogen and oxygen atoms in total. The van der Waals surface area contributed by atoms with Crippen LogP contribution < -0.4 is 11.1 Å². The van der Waals surface area contributed by atoms with Gasteiger partial charge in [0.25, 0.3) is 0 Å². The number of nitrogens with one attached hydrogen (secondary N) is 1. The van der Waals surface area contributed by atoms with Crippen LogP contribution in [0.1, 0.15) is 22.3 Å². The van der Waals surface area contributed by atoms with Crippen molar-refractivity contribution in [3.63, 3.8) is 0 Å². The van der Waals surface area contributed by atoms with Crippen LogP contribution in [-0.4, -0.2) is 22.0 Å². The quantitative estimate of drug-likeness (QED) is 0.475. The molecule has 154 valence electrons. The minimum atomic E-state index is -0.584. The van der Waals surface area contributed by atoms with E-state index in [-0.39, 0.29) is 18.2 Å². The standard InChI is InChI=1S/C24H20N4O3/c25-23(30)19-9-5-4-8-18(19)21-22(17-12-14-26-15-13-17)28-31-24(21)27-20(29)11-10-16-6-2-1-3-7-16/h1-9,12-15H,10-11H2,(H2,25,30)(H,27,29). The van der Waals surface area contributed by atoms with Crippen LogP contribution in [0.3, 0.4) is 0 Å². The summed E-state index contributed by atoms with van der Waals surface area (Å²) in [4.78, 5) is 28.7. The van der Waals surface area contributed by atoms with Gasteiger partial charge in [0, 0.05) is 35.5 Å². The predicted octanol–water partition coefficient (Wildman–Crippen LogP) is 4.07. The molecule has 2 amide bonds. The van der Waals surface area contributed by atoms with Gasteiger partial charge in [-0.1, -0.05) is 53.7 Å². The number of primary amides is 1. The SMILES string of the molecule is NC(=O)c1ccccc1-c1c(-c2ccncc2)noc1NC(=O)CCc1ccccc1. The molecule has 2 heterocycles. The van der Waals surface area contributed by atoms with Gasteiger partial charge < -0.3 is 10.3 Å². The van der Waals surface area contributed by atoms with Gasteiger partial charge in [-0.05, 0) is 30.2 Å². The van der Waals surface area contributed by atoms with Crippen LogP contribution in [0.2, 0.25) is 0 Å². The van der Waals surface area contributed by atoms with E-state index in [0.29, 0.717) is 28.8 Å². The van der Waals surface area contributed by atoms with Crippen LogP contribution in [0.4, 0.5) is 5.88 Å². The molecule has 0 saturated carbocycles. The summed E-state index contributed by atoms with van der Waals surface area (Å²) in [6.45, 7) is 0. The molecule has 0 radical (unpaired) electrons. The summed E-state index contributed by atoms with van der Waals surface area (Å²) in [6.07, 6.45) is 4.12. The molecule has 2 aromatic heterocycles. The number of hydrogen-bond acceptors (Lipinski definition) is 5. The highest BCUT2D eigenvalue weighted by atomic mass is 16.5. The number of aromatic nitrogens is 2. The molecule has 0 atom stereocenters. The lowest BCUT2D eigenvalue weighted by molar-refractivity contribution is -0.116. The first-order valence-electron chi connectivity index (χ1n) is 9.76. The van der Waals surface area contributed by atoms with Gasteiger partial charge in [0.05, 0.1) is 5.56 Å². The first kappa shape index (κ1) is 20.0. The number of benzene rings is 2. The molecule has 0 fully saturated rings. The molecule has 4 rings (SSSR count). The Morgan fingerprint density at radius 1 is 0.935 bits per heavy atom. The Bertz CT molecular complexity index is 1200. The fourth-order valence-electron chi connectivity index (χ4n) is 3.34. The van der Waals surface area contributed by atoms with Gasteiger partial charge in [0.2, 0.25) is 17.7 Å². The second-order valence-corrected chi connectivity index (χ2v) is 6.91. The lowest BCUT2D eigenvalue weighted by atomic mass is 9.96. The second-order valence-electron chi connectivity index (χ2n) is 6.91. The van der Waals surface area contributed by atoms with E-state index in [2.05, 4.69) is 15.5 Å². The number of pyridine rings is 1. The van der Waals surface area contributed by atoms with E-state index < -0.39 is 5.91 Å². The highest BCUT2D eigenvalue weighted by Crippen LogP contribution is 2.39. The third kappa shape index (κ3) is 4.51. The molecule has 4 aromatic rings. The van der Waals surface area contributed by atoms with Crippen molar-refractivity contribution in [3.05, 3.63) is 90.3 Å². The first-order chi connectivity index (χ1) is 15.1. The Labute approximate surface area is 178 Å². The maximum absolute atomic E-state index is 12.6. The van der Waals surface area contributed by atoms with Crippen LogP contribution in [-0.2, 0) is 11.2 Å². The largest absolute Gasteiger partial charge is 0.366 e. The van der Waals surface area contributed by atoms with E-state index in [4.69, 9.17) is 10.3 Å². The van der Waals surface area contributed by atoms with Gasteiger partial charge in [-0.25, -0.2) is 0 Å². The number of amides is 2. The van der Waals surface area contributed by atoms with Crippen molar-refractivity contribution in [1.82, 2.24) is 10.1 Å². The molecule has 0 spiro atoms. The molecule has 3 N–H and O–H groups in total. The summed E-state index contributed by atoms with van der Waals surface area (Å²) >= 11 is 0. The Morgan fingerprint density at radius 2 is 1.65 bits per heavy atom. The summed E-state index contributed by atoms with van der Waals surface area (Å²) in [6, 6.07) is 20.2. The predicted molar refractivity (Wildman–Crippen MR) is 117 cm³/mol. The van der Waals surface area contributed by atoms with Crippen LogP contribution in [0.25, 0.3) is 22.4 Å². The molecule has 7 heteroatoms. The minimum absolute atomic E-state index is 0.165.